The lowest BCUT2D eigenvalue weighted by Crippen LogP contribution is -2.39. The second-order valence-corrected chi connectivity index (χ2v) is 8.12. The average molecular weight is 406 g/mol. The van der Waals surface area contributed by atoms with Crippen LogP contribution in [0, 0.1) is 0 Å². The normalized spacial score (nSPS) is 23.4. The summed E-state index contributed by atoms with van der Waals surface area (Å²) in [5, 5.41) is 7.12. The van der Waals surface area contributed by atoms with Gasteiger partial charge in [-0.05, 0) is 25.0 Å². The topological polar surface area (TPSA) is 77.9 Å². The first-order valence-electron chi connectivity index (χ1n) is 8.31. The van der Waals surface area contributed by atoms with E-state index in [1.54, 1.807) is 28.6 Å². The molecule has 0 bridgehead atoms. The van der Waals surface area contributed by atoms with E-state index in [1.165, 1.54) is 0 Å². The maximum absolute atomic E-state index is 12.7. The summed E-state index contributed by atoms with van der Waals surface area (Å²) in [4.78, 5) is 11.6. The van der Waals surface area contributed by atoms with Gasteiger partial charge in [0.25, 0.3) is 0 Å². The molecule has 0 unspecified atom stereocenters. The standard InChI is InChI=1S/C15H20N2O2S.C2HF3O2/c1-2-10-16-11-8-15-14(16)9-12-17(15)20(18,19)13-6-4-3-5-7-13;3-2(4,5)1(6)7/h2-7,14-15H,1,8-12H2;(H,6,7)/t14-,15+;/m0./s1. The maximum Gasteiger partial charge on any atom is 0.490 e. The highest BCUT2D eigenvalue weighted by Crippen LogP contribution is 2.35. The summed E-state index contributed by atoms with van der Waals surface area (Å²) >= 11 is 0. The number of hydrogen-bond acceptors (Lipinski definition) is 4. The Hall–Kier alpha value is -1.91. The summed E-state index contributed by atoms with van der Waals surface area (Å²) < 4.78 is 58.9. The number of carbonyl (C=O) groups is 1. The number of alkyl halides is 3. The van der Waals surface area contributed by atoms with Gasteiger partial charge in [-0.2, -0.15) is 17.5 Å². The molecule has 150 valence electrons. The van der Waals surface area contributed by atoms with E-state index in [4.69, 9.17) is 9.90 Å². The van der Waals surface area contributed by atoms with Crippen molar-refractivity contribution in [3.05, 3.63) is 43.0 Å². The monoisotopic (exact) mass is 406 g/mol. The molecule has 6 nitrogen and oxygen atoms in total. The summed E-state index contributed by atoms with van der Waals surface area (Å²) in [6.07, 6.45) is -1.34. The third-order valence-corrected chi connectivity index (χ3v) is 6.54. The van der Waals surface area contributed by atoms with Crippen molar-refractivity contribution in [1.29, 1.82) is 0 Å². The zero-order valence-electron chi connectivity index (χ0n) is 14.5. The number of hydrogen-bond donors (Lipinski definition) is 1. The molecule has 2 saturated heterocycles. The second kappa shape index (κ2) is 8.41. The molecule has 0 saturated carbocycles. The van der Waals surface area contributed by atoms with Crippen LogP contribution in [0.3, 0.4) is 0 Å². The van der Waals surface area contributed by atoms with Gasteiger partial charge in [-0.25, -0.2) is 13.2 Å². The molecule has 0 amide bonds. The van der Waals surface area contributed by atoms with Crippen LogP contribution in [-0.2, 0) is 14.8 Å². The largest absolute Gasteiger partial charge is 0.490 e. The van der Waals surface area contributed by atoms with Gasteiger partial charge in [-0.1, -0.05) is 24.3 Å². The molecule has 2 atom stereocenters. The summed E-state index contributed by atoms with van der Waals surface area (Å²) in [6.45, 7) is 6.21. The number of nitrogens with zero attached hydrogens (tertiary/aromatic N) is 2. The van der Waals surface area contributed by atoms with Crippen molar-refractivity contribution >= 4 is 16.0 Å². The quantitative estimate of drug-likeness (QED) is 0.777. The highest BCUT2D eigenvalue weighted by Gasteiger charge is 2.46. The molecule has 0 spiro atoms. The molecule has 2 aliphatic rings. The molecule has 1 aromatic rings. The van der Waals surface area contributed by atoms with E-state index in [1.807, 2.05) is 12.1 Å². The smallest absolute Gasteiger partial charge is 0.475 e. The Labute approximate surface area is 155 Å². The van der Waals surface area contributed by atoms with Gasteiger partial charge in [-0.3, -0.25) is 4.90 Å². The van der Waals surface area contributed by atoms with Crippen molar-refractivity contribution in [3.8, 4) is 0 Å². The van der Waals surface area contributed by atoms with E-state index in [0.29, 0.717) is 17.5 Å². The highest BCUT2D eigenvalue weighted by atomic mass is 32.2. The third-order valence-electron chi connectivity index (χ3n) is 4.60. The number of sulfonamides is 1. The SMILES string of the molecule is C=CCN1CC[C@@H]2[C@@H]1CCN2S(=O)(=O)c1ccccc1.O=C(O)C(F)(F)F. The van der Waals surface area contributed by atoms with Crippen LogP contribution in [0.15, 0.2) is 47.9 Å². The number of aliphatic carboxylic acids is 1. The number of carboxylic acid groups (broad SMARTS) is 1. The molecular formula is C17H21F3N2O4S. The molecule has 1 N–H and O–H groups in total. The summed E-state index contributed by atoms with van der Waals surface area (Å²) in [7, 11) is -3.35. The van der Waals surface area contributed by atoms with Crippen LogP contribution in [0.4, 0.5) is 13.2 Å². The van der Waals surface area contributed by atoms with Gasteiger partial charge in [0.15, 0.2) is 0 Å². The first-order chi connectivity index (χ1) is 12.6. The molecule has 3 rings (SSSR count). The number of benzene rings is 1. The number of fused-ring (bicyclic) bond motifs is 1. The van der Waals surface area contributed by atoms with Crippen molar-refractivity contribution in [2.24, 2.45) is 0 Å². The fourth-order valence-corrected chi connectivity index (χ4v) is 5.17. The van der Waals surface area contributed by atoms with Gasteiger partial charge >= 0.3 is 12.1 Å². The molecule has 10 heteroatoms. The zero-order valence-corrected chi connectivity index (χ0v) is 15.3. The molecule has 0 radical (unpaired) electrons. The zero-order chi connectivity index (χ0) is 20.2. The molecule has 0 aliphatic carbocycles. The first-order valence-corrected chi connectivity index (χ1v) is 9.75. The average Bonchev–Trinajstić information content (AvgIpc) is 3.19. The van der Waals surface area contributed by atoms with E-state index in [0.717, 1.165) is 25.9 Å². The van der Waals surface area contributed by atoms with Crippen LogP contribution in [0.25, 0.3) is 0 Å². The molecule has 0 aromatic heterocycles. The Morgan fingerprint density at radius 2 is 1.74 bits per heavy atom. The van der Waals surface area contributed by atoms with Crippen molar-refractivity contribution in [2.75, 3.05) is 19.6 Å². The van der Waals surface area contributed by atoms with Crippen LogP contribution in [0.5, 0.6) is 0 Å². The van der Waals surface area contributed by atoms with E-state index in [2.05, 4.69) is 11.5 Å². The van der Waals surface area contributed by atoms with Crippen molar-refractivity contribution in [1.82, 2.24) is 9.21 Å². The van der Waals surface area contributed by atoms with Crippen LogP contribution in [-0.4, -0.2) is 66.6 Å². The number of halogens is 3. The lowest BCUT2D eigenvalue weighted by Gasteiger charge is -2.24. The number of rotatable bonds is 4. The maximum atomic E-state index is 12.7. The predicted molar refractivity (Wildman–Crippen MR) is 92.6 cm³/mol. The van der Waals surface area contributed by atoms with Crippen molar-refractivity contribution < 1.29 is 31.5 Å². The van der Waals surface area contributed by atoms with Crippen LogP contribution in [0.2, 0.25) is 0 Å². The summed E-state index contributed by atoms with van der Waals surface area (Å²) in [6, 6.07) is 9.23. The second-order valence-electron chi connectivity index (χ2n) is 6.23. The molecular weight excluding hydrogens is 385 g/mol. The summed E-state index contributed by atoms with van der Waals surface area (Å²) in [5.41, 5.74) is 0. The third kappa shape index (κ3) is 4.88. The Kier molecular flexibility index (Phi) is 6.66. The molecule has 2 aliphatic heterocycles. The molecule has 2 fully saturated rings. The lowest BCUT2D eigenvalue weighted by atomic mass is 10.1. The summed E-state index contributed by atoms with van der Waals surface area (Å²) in [5.74, 6) is -2.76. The first kappa shape index (κ1) is 21.4. The minimum atomic E-state index is -5.08. The van der Waals surface area contributed by atoms with E-state index >= 15 is 0 Å². The van der Waals surface area contributed by atoms with E-state index < -0.39 is 22.2 Å². The van der Waals surface area contributed by atoms with Crippen LogP contribution < -0.4 is 0 Å². The van der Waals surface area contributed by atoms with Gasteiger partial charge in [0.1, 0.15) is 0 Å². The number of likely N-dealkylation sites (tertiary alicyclic amines) is 1. The van der Waals surface area contributed by atoms with Crippen molar-refractivity contribution in [2.45, 2.75) is 36.0 Å². The Morgan fingerprint density at radius 1 is 1.19 bits per heavy atom. The molecule has 27 heavy (non-hydrogen) atoms. The van der Waals surface area contributed by atoms with Crippen LogP contribution in [0.1, 0.15) is 12.8 Å². The van der Waals surface area contributed by atoms with Gasteiger partial charge in [0.2, 0.25) is 10.0 Å². The lowest BCUT2D eigenvalue weighted by molar-refractivity contribution is -0.192. The predicted octanol–water partition coefficient (Wildman–Crippen LogP) is 2.34. The highest BCUT2D eigenvalue weighted by molar-refractivity contribution is 7.89. The minimum absolute atomic E-state index is 0.125. The van der Waals surface area contributed by atoms with E-state index in [-0.39, 0.29) is 6.04 Å². The Bertz CT molecular complexity index is 768. The number of carboxylic acids is 1. The van der Waals surface area contributed by atoms with Gasteiger partial charge < -0.3 is 5.11 Å². The fraction of sp³-hybridized carbons (Fsp3) is 0.471. The van der Waals surface area contributed by atoms with Gasteiger partial charge in [0.05, 0.1) is 4.90 Å². The fourth-order valence-electron chi connectivity index (χ4n) is 3.45. The Balaban J connectivity index is 0.000000321. The Morgan fingerprint density at radius 3 is 2.26 bits per heavy atom. The van der Waals surface area contributed by atoms with Crippen LogP contribution >= 0.6 is 0 Å². The molecule has 2 heterocycles. The van der Waals surface area contributed by atoms with E-state index in [9.17, 15) is 21.6 Å². The van der Waals surface area contributed by atoms with Crippen molar-refractivity contribution in [3.63, 3.8) is 0 Å². The van der Waals surface area contributed by atoms with Gasteiger partial charge in [0, 0.05) is 31.7 Å². The minimum Gasteiger partial charge on any atom is -0.475 e. The van der Waals surface area contributed by atoms with Gasteiger partial charge in [-0.15, -0.1) is 6.58 Å². The molecule has 1 aromatic carbocycles.